The summed E-state index contributed by atoms with van der Waals surface area (Å²) in [5.74, 6) is 1.10. The summed E-state index contributed by atoms with van der Waals surface area (Å²) in [6.45, 7) is 5.04. The highest BCUT2D eigenvalue weighted by Crippen LogP contribution is 2.19. The maximum absolute atomic E-state index is 13.1. The van der Waals surface area contributed by atoms with E-state index in [1.165, 1.54) is 10.9 Å². The van der Waals surface area contributed by atoms with E-state index in [4.69, 9.17) is 0 Å². The van der Waals surface area contributed by atoms with Crippen molar-refractivity contribution in [3.63, 3.8) is 0 Å². The summed E-state index contributed by atoms with van der Waals surface area (Å²) in [6, 6.07) is 19.6. The number of amides is 1. The molecule has 0 fully saturated rings. The van der Waals surface area contributed by atoms with Gasteiger partial charge in [0.2, 0.25) is 0 Å². The molecule has 0 bridgehead atoms. The van der Waals surface area contributed by atoms with Gasteiger partial charge in [0.1, 0.15) is 17.3 Å². The lowest BCUT2D eigenvalue weighted by atomic mass is 10.1. The second kappa shape index (κ2) is 8.78. The van der Waals surface area contributed by atoms with Gasteiger partial charge in [-0.2, -0.15) is 0 Å². The number of fused-ring (bicyclic) bond motifs is 1. The molecule has 4 aromatic rings. The zero-order valence-electron chi connectivity index (χ0n) is 17.2. The molecule has 0 atom stereocenters. The van der Waals surface area contributed by atoms with Gasteiger partial charge in [-0.3, -0.25) is 4.79 Å². The Morgan fingerprint density at radius 2 is 1.83 bits per heavy atom. The molecule has 6 heteroatoms. The number of carbonyl (C=O) groups is 1. The smallest absolute Gasteiger partial charge is 0.277 e. The van der Waals surface area contributed by atoms with E-state index < -0.39 is 0 Å². The summed E-state index contributed by atoms with van der Waals surface area (Å²) in [5.41, 5.74) is 3.64. The van der Waals surface area contributed by atoms with Crippen LogP contribution in [0.3, 0.4) is 0 Å². The molecule has 152 valence electrons. The normalized spacial score (nSPS) is 10.9. The van der Waals surface area contributed by atoms with Crippen LogP contribution in [0.5, 0.6) is 0 Å². The molecule has 0 radical (unpaired) electrons. The number of para-hydroxylation sites is 2. The Hall–Kier alpha value is -3.67. The highest BCUT2D eigenvalue weighted by Gasteiger charge is 2.18. The first-order chi connectivity index (χ1) is 14.7. The third-order valence-electron chi connectivity index (χ3n) is 5.06. The van der Waals surface area contributed by atoms with Crippen LogP contribution in [-0.4, -0.2) is 33.9 Å². The number of anilines is 2. The Bertz CT molecular complexity index is 1150. The molecule has 6 nitrogen and oxygen atoms in total. The van der Waals surface area contributed by atoms with Crippen LogP contribution >= 0.6 is 0 Å². The minimum absolute atomic E-state index is 0.131. The van der Waals surface area contributed by atoms with Crippen LogP contribution in [-0.2, 0) is 6.42 Å². The van der Waals surface area contributed by atoms with Gasteiger partial charge in [0.15, 0.2) is 0 Å². The molecule has 0 aliphatic carbocycles. The number of aromatic nitrogens is 3. The maximum Gasteiger partial charge on any atom is 0.277 e. The third kappa shape index (κ3) is 4.17. The van der Waals surface area contributed by atoms with Crippen molar-refractivity contribution >= 4 is 28.3 Å². The van der Waals surface area contributed by atoms with E-state index in [1.807, 2.05) is 55.6 Å². The van der Waals surface area contributed by atoms with Crippen LogP contribution in [0.15, 0.2) is 66.9 Å². The van der Waals surface area contributed by atoms with E-state index in [2.05, 4.69) is 32.4 Å². The first kappa shape index (κ1) is 19.6. The molecule has 2 heterocycles. The Morgan fingerprint density at radius 1 is 1.07 bits per heavy atom. The zero-order chi connectivity index (χ0) is 20.9. The second-order valence-electron chi connectivity index (χ2n) is 7.11. The molecule has 30 heavy (non-hydrogen) atoms. The lowest BCUT2D eigenvalue weighted by Gasteiger charge is -2.21. The SMILES string of the molecule is CCN(C(=O)c1cc(NCCc2c[nH]c3ccccc23)nc(C)n1)c1ccccc1. The molecule has 0 aliphatic rings. The van der Waals surface area contributed by atoms with Crippen LogP contribution in [0, 0.1) is 6.92 Å². The molecule has 2 aromatic heterocycles. The first-order valence-corrected chi connectivity index (χ1v) is 10.2. The number of hydrogen-bond donors (Lipinski definition) is 2. The summed E-state index contributed by atoms with van der Waals surface area (Å²) < 4.78 is 0. The molecule has 0 unspecified atom stereocenters. The van der Waals surface area contributed by atoms with Crippen molar-refractivity contribution in [2.75, 3.05) is 23.3 Å². The summed E-state index contributed by atoms with van der Waals surface area (Å²) in [6.07, 6.45) is 2.90. The largest absolute Gasteiger partial charge is 0.370 e. The summed E-state index contributed by atoms with van der Waals surface area (Å²) >= 11 is 0. The highest BCUT2D eigenvalue weighted by atomic mass is 16.2. The second-order valence-corrected chi connectivity index (χ2v) is 7.11. The van der Waals surface area contributed by atoms with Crippen molar-refractivity contribution < 1.29 is 4.79 Å². The number of benzene rings is 2. The Kier molecular flexibility index (Phi) is 5.75. The van der Waals surface area contributed by atoms with Crippen molar-refractivity contribution in [2.45, 2.75) is 20.3 Å². The van der Waals surface area contributed by atoms with Crippen molar-refractivity contribution in [1.29, 1.82) is 0 Å². The van der Waals surface area contributed by atoms with Gasteiger partial charge in [-0.05, 0) is 44.0 Å². The van der Waals surface area contributed by atoms with E-state index in [9.17, 15) is 4.79 Å². The van der Waals surface area contributed by atoms with Crippen LogP contribution in [0.2, 0.25) is 0 Å². The van der Waals surface area contributed by atoms with Gasteiger partial charge in [-0.1, -0.05) is 36.4 Å². The van der Waals surface area contributed by atoms with Gasteiger partial charge in [0, 0.05) is 41.9 Å². The van der Waals surface area contributed by atoms with Gasteiger partial charge in [0.25, 0.3) is 5.91 Å². The molecule has 2 aromatic carbocycles. The fourth-order valence-corrected chi connectivity index (χ4v) is 3.62. The van der Waals surface area contributed by atoms with E-state index in [-0.39, 0.29) is 5.91 Å². The van der Waals surface area contributed by atoms with Crippen LogP contribution in [0.25, 0.3) is 10.9 Å². The fraction of sp³-hybridized carbons (Fsp3) is 0.208. The first-order valence-electron chi connectivity index (χ1n) is 10.2. The number of nitrogens with one attached hydrogen (secondary N) is 2. The number of nitrogens with zero attached hydrogens (tertiary/aromatic N) is 3. The van der Waals surface area contributed by atoms with E-state index in [1.54, 1.807) is 17.9 Å². The van der Waals surface area contributed by atoms with E-state index in [0.717, 1.165) is 17.6 Å². The van der Waals surface area contributed by atoms with E-state index >= 15 is 0 Å². The van der Waals surface area contributed by atoms with Gasteiger partial charge in [-0.25, -0.2) is 9.97 Å². The molecule has 4 rings (SSSR count). The maximum atomic E-state index is 13.1. The number of aromatic amines is 1. The number of hydrogen-bond acceptors (Lipinski definition) is 4. The number of aryl methyl sites for hydroxylation is 1. The Morgan fingerprint density at radius 3 is 2.63 bits per heavy atom. The Labute approximate surface area is 176 Å². The lowest BCUT2D eigenvalue weighted by molar-refractivity contribution is 0.0983. The van der Waals surface area contributed by atoms with Gasteiger partial charge >= 0.3 is 0 Å². The van der Waals surface area contributed by atoms with Crippen LogP contribution in [0.1, 0.15) is 28.8 Å². The summed E-state index contributed by atoms with van der Waals surface area (Å²) in [7, 11) is 0. The van der Waals surface area contributed by atoms with Crippen LogP contribution < -0.4 is 10.2 Å². The van der Waals surface area contributed by atoms with Crippen molar-refractivity contribution in [3.05, 3.63) is 83.9 Å². The average Bonchev–Trinajstić information content (AvgIpc) is 3.18. The predicted molar refractivity (Wildman–Crippen MR) is 121 cm³/mol. The van der Waals surface area contributed by atoms with Gasteiger partial charge in [-0.15, -0.1) is 0 Å². The minimum atomic E-state index is -0.131. The molecule has 1 amide bonds. The van der Waals surface area contributed by atoms with Crippen LogP contribution in [0.4, 0.5) is 11.5 Å². The topological polar surface area (TPSA) is 73.9 Å². The molecule has 2 N–H and O–H groups in total. The molecular formula is C24H25N5O. The number of H-pyrrole nitrogens is 1. The third-order valence-corrected chi connectivity index (χ3v) is 5.06. The monoisotopic (exact) mass is 399 g/mol. The predicted octanol–water partition coefficient (Wildman–Crippen LogP) is 4.59. The van der Waals surface area contributed by atoms with Crippen molar-refractivity contribution in [2.24, 2.45) is 0 Å². The lowest BCUT2D eigenvalue weighted by Crippen LogP contribution is -2.31. The molecule has 0 spiro atoms. The van der Waals surface area contributed by atoms with E-state index in [0.29, 0.717) is 30.4 Å². The molecule has 0 saturated heterocycles. The van der Waals surface area contributed by atoms with Crippen molar-refractivity contribution in [3.8, 4) is 0 Å². The number of rotatable bonds is 7. The van der Waals surface area contributed by atoms with Crippen molar-refractivity contribution in [1.82, 2.24) is 15.0 Å². The molecular weight excluding hydrogens is 374 g/mol. The summed E-state index contributed by atoms with van der Waals surface area (Å²) in [5, 5.41) is 4.58. The minimum Gasteiger partial charge on any atom is -0.370 e. The quantitative estimate of drug-likeness (QED) is 0.477. The molecule has 0 aliphatic heterocycles. The van der Waals surface area contributed by atoms with Gasteiger partial charge < -0.3 is 15.2 Å². The molecule has 0 saturated carbocycles. The fourth-order valence-electron chi connectivity index (χ4n) is 3.62. The zero-order valence-corrected chi connectivity index (χ0v) is 17.2. The van der Waals surface area contributed by atoms with Gasteiger partial charge in [0.05, 0.1) is 0 Å². The average molecular weight is 399 g/mol. The number of carbonyl (C=O) groups excluding carboxylic acids is 1. The Balaban J connectivity index is 1.48. The standard InChI is InChI=1S/C24H25N5O/c1-3-29(19-9-5-4-6-10-19)24(30)22-15-23(28-17(2)27-22)25-14-13-18-16-26-21-12-8-7-11-20(18)21/h4-12,15-16,26H,3,13-14H2,1-2H3,(H,25,27,28). The summed E-state index contributed by atoms with van der Waals surface area (Å²) in [4.78, 5) is 26.9. The highest BCUT2D eigenvalue weighted by molar-refractivity contribution is 6.05.